The summed E-state index contributed by atoms with van der Waals surface area (Å²) in [7, 11) is 0. The first-order valence-corrected chi connectivity index (χ1v) is 19.1. The summed E-state index contributed by atoms with van der Waals surface area (Å²) in [6, 6.07) is 63.6. The monoisotopic (exact) mass is 699 g/mol. The average molecular weight is 700 g/mol. The Bertz CT molecular complexity index is 3130. The first-order chi connectivity index (χ1) is 25.8. The molecule has 8 aromatic carbocycles. The second-order valence-corrected chi connectivity index (χ2v) is 15.4. The Morgan fingerprint density at radius 3 is 1.81 bits per heavy atom. The van der Waals surface area contributed by atoms with Gasteiger partial charge in [-0.1, -0.05) is 109 Å². The van der Waals surface area contributed by atoms with Crippen LogP contribution < -0.4 is 4.90 Å². The van der Waals surface area contributed by atoms with Crippen LogP contribution in [-0.2, 0) is 0 Å². The van der Waals surface area contributed by atoms with E-state index in [0.717, 1.165) is 50.1 Å². The van der Waals surface area contributed by atoms with E-state index in [1.54, 1.807) is 0 Å². The van der Waals surface area contributed by atoms with Crippen molar-refractivity contribution in [2.75, 3.05) is 4.90 Å². The van der Waals surface area contributed by atoms with Gasteiger partial charge in [0.25, 0.3) is 0 Å². The second kappa shape index (κ2) is 11.7. The van der Waals surface area contributed by atoms with E-state index in [2.05, 4.69) is 181 Å². The lowest BCUT2D eigenvalue weighted by atomic mass is 9.97. The molecule has 11 rings (SSSR count). The first kappa shape index (κ1) is 29.5. The molecule has 0 amide bonds. The highest BCUT2D eigenvalue weighted by molar-refractivity contribution is 7.26. The van der Waals surface area contributed by atoms with Gasteiger partial charge in [-0.05, 0) is 83.4 Å². The molecule has 3 heterocycles. The van der Waals surface area contributed by atoms with Gasteiger partial charge in [0.05, 0.1) is 11.1 Å². The van der Waals surface area contributed by atoms with Gasteiger partial charge in [0.1, 0.15) is 11.2 Å². The van der Waals surface area contributed by atoms with Gasteiger partial charge in [0, 0.05) is 62.7 Å². The van der Waals surface area contributed by atoms with Crippen LogP contribution in [0.5, 0.6) is 0 Å². The molecule has 0 atom stereocenters. The molecule has 2 nitrogen and oxygen atoms in total. The molecule has 0 aliphatic heterocycles. The predicted molar refractivity (Wildman–Crippen MR) is 225 cm³/mol. The molecule has 0 aliphatic rings. The molecule has 0 spiro atoms. The zero-order valence-electron chi connectivity index (χ0n) is 27.9. The molecular weight excluding hydrogens is 671 g/mol. The molecular formula is C48H29NOS2. The van der Waals surface area contributed by atoms with Gasteiger partial charge in [0.15, 0.2) is 0 Å². The van der Waals surface area contributed by atoms with E-state index in [1.165, 1.54) is 51.5 Å². The van der Waals surface area contributed by atoms with E-state index in [1.807, 2.05) is 22.7 Å². The molecule has 0 radical (unpaired) electrons. The van der Waals surface area contributed by atoms with Crippen LogP contribution in [0.4, 0.5) is 17.1 Å². The lowest BCUT2D eigenvalue weighted by Gasteiger charge is -2.26. The maximum Gasteiger partial charge on any atom is 0.145 e. The van der Waals surface area contributed by atoms with Crippen LogP contribution in [-0.4, -0.2) is 0 Å². The average Bonchev–Trinajstić information content (AvgIpc) is 3.90. The van der Waals surface area contributed by atoms with E-state index >= 15 is 0 Å². The highest BCUT2D eigenvalue weighted by Gasteiger charge is 2.22. The SMILES string of the molecule is c1ccc(N(c2ccc3sc4ccccc4c3c2)c2ccc(-c3ccc(-c4ccc5c(c4)sc4ccccc45)cc3)c3oc4ccccc4c23)cc1. The van der Waals surface area contributed by atoms with Gasteiger partial charge in [-0.15, -0.1) is 22.7 Å². The van der Waals surface area contributed by atoms with Gasteiger partial charge in [-0.3, -0.25) is 0 Å². The van der Waals surface area contributed by atoms with Crippen molar-refractivity contribution < 1.29 is 4.42 Å². The molecule has 0 saturated carbocycles. The number of thiophene rings is 2. The van der Waals surface area contributed by atoms with Crippen LogP contribution in [0.2, 0.25) is 0 Å². The zero-order valence-corrected chi connectivity index (χ0v) is 29.5. The van der Waals surface area contributed by atoms with E-state index in [9.17, 15) is 0 Å². The van der Waals surface area contributed by atoms with Crippen LogP contribution in [0.25, 0.3) is 84.5 Å². The fourth-order valence-electron chi connectivity index (χ4n) is 7.83. The van der Waals surface area contributed by atoms with Crippen molar-refractivity contribution in [3.05, 3.63) is 176 Å². The van der Waals surface area contributed by atoms with Crippen molar-refractivity contribution in [1.82, 2.24) is 0 Å². The quantitative estimate of drug-likeness (QED) is 0.178. The fraction of sp³-hybridized carbons (Fsp3) is 0. The standard InChI is InChI=1S/C48H29NOS2/c1-2-10-33(11-3-1)49(34-23-27-45-40(29-34)37-13-6-9-17-44(37)51-45)41-26-25-35(48-47(41)39-14-4-7-15-42(39)50-48)31-20-18-30(19-21-31)32-22-24-38-36-12-5-8-16-43(36)52-46(38)28-32/h1-29H. The third-order valence-corrected chi connectivity index (χ3v) is 12.6. The number of hydrogen-bond donors (Lipinski definition) is 0. The van der Waals surface area contributed by atoms with Gasteiger partial charge < -0.3 is 9.32 Å². The number of hydrogen-bond acceptors (Lipinski definition) is 4. The molecule has 244 valence electrons. The summed E-state index contributed by atoms with van der Waals surface area (Å²) in [4.78, 5) is 2.38. The maximum absolute atomic E-state index is 6.78. The molecule has 52 heavy (non-hydrogen) atoms. The van der Waals surface area contributed by atoms with Crippen molar-refractivity contribution >= 4 is 102 Å². The van der Waals surface area contributed by atoms with Gasteiger partial charge in [-0.25, -0.2) is 0 Å². The number of nitrogens with zero attached hydrogens (tertiary/aromatic N) is 1. The third-order valence-electron chi connectivity index (χ3n) is 10.3. The van der Waals surface area contributed by atoms with E-state index in [0.29, 0.717) is 0 Å². The zero-order chi connectivity index (χ0) is 34.2. The molecule has 0 fully saturated rings. The van der Waals surface area contributed by atoms with Gasteiger partial charge in [0.2, 0.25) is 0 Å². The van der Waals surface area contributed by atoms with E-state index < -0.39 is 0 Å². The summed E-state index contributed by atoms with van der Waals surface area (Å²) < 4.78 is 12.0. The van der Waals surface area contributed by atoms with Crippen LogP contribution in [0, 0.1) is 0 Å². The van der Waals surface area contributed by atoms with E-state index in [-0.39, 0.29) is 0 Å². The van der Waals surface area contributed by atoms with Crippen LogP contribution >= 0.6 is 22.7 Å². The lowest BCUT2D eigenvalue weighted by Crippen LogP contribution is -2.10. The fourth-order valence-corrected chi connectivity index (χ4v) is 10.1. The molecule has 4 heteroatoms. The van der Waals surface area contributed by atoms with Crippen LogP contribution in [0.15, 0.2) is 180 Å². The van der Waals surface area contributed by atoms with Crippen LogP contribution in [0.1, 0.15) is 0 Å². The summed E-state index contributed by atoms with van der Waals surface area (Å²) in [5.41, 5.74) is 9.70. The normalized spacial score (nSPS) is 11.8. The number of furan rings is 1. The highest BCUT2D eigenvalue weighted by Crippen LogP contribution is 2.47. The molecule has 0 unspecified atom stereocenters. The Hall–Kier alpha value is -6.20. The van der Waals surface area contributed by atoms with Crippen molar-refractivity contribution in [3.63, 3.8) is 0 Å². The second-order valence-electron chi connectivity index (χ2n) is 13.3. The van der Waals surface area contributed by atoms with Crippen LogP contribution in [0.3, 0.4) is 0 Å². The van der Waals surface area contributed by atoms with Crippen molar-refractivity contribution in [3.8, 4) is 22.3 Å². The summed E-state index contributed by atoms with van der Waals surface area (Å²) in [6.45, 7) is 0. The van der Waals surface area contributed by atoms with E-state index in [4.69, 9.17) is 4.42 Å². The Morgan fingerprint density at radius 1 is 0.385 bits per heavy atom. The number of para-hydroxylation sites is 2. The molecule has 0 saturated heterocycles. The number of rotatable bonds is 5. The van der Waals surface area contributed by atoms with Gasteiger partial charge in [-0.2, -0.15) is 0 Å². The Balaban J connectivity index is 1.07. The minimum Gasteiger partial charge on any atom is -0.455 e. The minimum absolute atomic E-state index is 0.881. The topological polar surface area (TPSA) is 16.4 Å². The highest BCUT2D eigenvalue weighted by atomic mass is 32.1. The Labute approximate surface area is 308 Å². The van der Waals surface area contributed by atoms with Gasteiger partial charge >= 0.3 is 0 Å². The molecule has 0 N–H and O–H groups in total. The summed E-state index contributed by atoms with van der Waals surface area (Å²) in [5.74, 6) is 0. The Kier molecular flexibility index (Phi) is 6.63. The third kappa shape index (κ3) is 4.62. The first-order valence-electron chi connectivity index (χ1n) is 17.5. The number of fused-ring (bicyclic) bond motifs is 9. The Morgan fingerprint density at radius 2 is 1.00 bits per heavy atom. The molecule has 0 bridgehead atoms. The van der Waals surface area contributed by atoms with Crippen molar-refractivity contribution in [2.24, 2.45) is 0 Å². The largest absolute Gasteiger partial charge is 0.455 e. The number of benzene rings is 8. The summed E-state index contributed by atoms with van der Waals surface area (Å²) >= 11 is 3.71. The van der Waals surface area contributed by atoms with Crippen molar-refractivity contribution in [1.29, 1.82) is 0 Å². The van der Waals surface area contributed by atoms with Crippen molar-refractivity contribution in [2.45, 2.75) is 0 Å². The maximum atomic E-state index is 6.78. The lowest BCUT2D eigenvalue weighted by molar-refractivity contribution is 0.670. The number of anilines is 3. The summed E-state index contributed by atoms with van der Waals surface area (Å²) in [6.07, 6.45) is 0. The predicted octanol–water partition coefficient (Wildman–Crippen LogP) is 15.1. The summed E-state index contributed by atoms with van der Waals surface area (Å²) in [5, 5.41) is 7.42. The molecule has 0 aliphatic carbocycles. The minimum atomic E-state index is 0.881. The molecule has 3 aromatic heterocycles. The smallest absolute Gasteiger partial charge is 0.145 e. The molecule has 11 aromatic rings.